The zero-order valence-electron chi connectivity index (χ0n) is 10.8. The lowest BCUT2D eigenvalue weighted by Crippen LogP contribution is -2.30. The molecule has 2 aromatic heterocycles. The van der Waals surface area contributed by atoms with Crippen molar-refractivity contribution in [2.24, 2.45) is 7.05 Å². The van der Waals surface area contributed by atoms with Crippen molar-refractivity contribution in [3.8, 4) is 11.3 Å². The van der Waals surface area contributed by atoms with Gasteiger partial charge in [-0.1, -0.05) is 18.2 Å². The number of hydrogen-bond donors (Lipinski definition) is 0. The molecule has 0 bridgehead atoms. The highest BCUT2D eigenvalue weighted by atomic mass is 16.3. The summed E-state index contributed by atoms with van der Waals surface area (Å²) in [7, 11) is 2.03. The molecule has 3 aromatic rings. The summed E-state index contributed by atoms with van der Waals surface area (Å²) >= 11 is 0. The van der Waals surface area contributed by atoms with Gasteiger partial charge >= 0.3 is 0 Å². The van der Waals surface area contributed by atoms with Crippen molar-refractivity contribution in [3.63, 3.8) is 0 Å². The number of pyridine rings is 1. The summed E-state index contributed by atoms with van der Waals surface area (Å²) in [5.41, 5.74) is 5.36. The molecule has 0 N–H and O–H groups in total. The molecule has 0 spiro atoms. The third-order valence-electron chi connectivity index (χ3n) is 3.17. The van der Waals surface area contributed by atoms with E-state index in [0.717, 1.165) is 16.8 Å². The van der Waals surface area contributed by atoms with E-state index in [4.69, 9.17) is 4.42 Å². The van der Waals surface area contributed by atoms with E-state index in [0.29, 0.717) is 5.89 Å². The number of nitrogens with zero attached hydrogens (tertiary/aromatic N) is 2. The lowest BCUT2D eigenvalue weighted by atomic mass is 10.0. The van der Waals surface area contributed by atoms with Crippen LogP contribution in [0.25, 0.3) is 22.4 Å². The Kier molecular flexibility index (Phi) is 2.40. The van der Waals surface area contributed by atoms with Crippen LogP contribution in [0, 0.1) is 13.8 Å². The second-order valence-electron chi connectivity index (χ2n) is 4.57. The maximum Gasteiger partial charge on any atom is 0.218 e. The molecular formula is C15H15N2O+. The first-order valence-electron chi connectivity index (χ1n) is 5.98. The topological polar surface area (TPSA) is 29.9 Å². The summed E-state index contributed by atoms with van der Waals surface area (Å²) in [6, 6.07) is 10.4. The second kappa shape index (κ2) is 3.95. The summed E-state index contributed by atoms with van der Waals surface area (Å²) in [6.45, 7) is 3.99. The monoisotopic (exact) mass is 239 g/mol. The maximum absolute atomic E-state index is 5.54. The molecule has 0 atom stereocenters. The molecule has 3 rings (SSSR count). The van der Waals surface area contributed by atoms with Crippen molar-refractivity contribution in [2.45, 2.75) is 13.8 Å². The Labute approximate surface area is 106 Å². The fraction of sp³-hybridized carbons (Fsp3) is 0.200. The van der Waals surface area contributed by atoms with Crippen LogP contribution in [0.3, 0.4) is 0 Å². The molecule has 0 saturated heterocycles. The summed E-state index contributed by atoms with van der Waals surface area (Å²) in [5.74, 6) is 0.701. The van der Waals surface area contributed by atoms with E-state index in [1.807, 2.05) is 20.2 Å². The van der Waals surface area contributed by atoms with E-state index >= 15 is 0 Å². The number of fused-ring (bicyclic) bond motifs is 1. The van der Waals surface area contributed by atoms with Crippen LogP contribution in [-0.2, 0) is 7.05 Å². The minimum atomic E-state index is 0.701. The predicted molar refractivity (Wildman–Crippen MR) is 70.1 cm³/mol. The van der Waals surface area contributed by atoms with E-state index in [-0.39, 0.29) is 0 Å². The quantitative estimate of drug-likeness (QED) is 0.611. The molecule has 0 aliphatic carbocycles. The van der Waals surface area contributed by atoms with Gasteiger partial charge in [0.15, 0.2) is 5.89 Å². The average molecular weight is 239 g/mol. The molecular weight excluding hydrogens is 224 g/mol. The normalized spacial score (nSPS) is 11.1. The number of oxazole rings is 1. The van der Waals surface area contributed by atoms with Crippen molar-refractivity contribution in [3.05, 3.63) is 48.0 Å². The van der Waals surface area contributed by atoms with E-state index in [1.165, 1.54) is 11.1 Å². The predicted octanol–water partition coefficient (Wildman–Crippen LogP) is 2.94. The Morgan fingerprint density at radius 1 is 1.17 bits per heavy atom. The minimum absolute atomic E-state index is 0.701. The molecule has 0 fully saturated rings. The first kappa shape index (κ1) is 11.0. The van der Waals surface area contributed by atoms with Gasteiger partial charge in [0.1, 0.15) is 12.6 Å². The van der Waals surface area contributed by atoms with Gasteiger partial charge < -0.3 is 4.42 Å². The fourth-order valence-electron chi connectivity index (χ4n) is 2.26. The molecule has 3 nitrogen and oxygen atoms in total. The first-order valence-corrected chi connectivity index (χ1v) is 5.98. The van der Waals surface area contributed by atoms with Crippen LogP contribution < -0.4 is 4.57 Å². The molecule has 0 saturated carbocycles. The second-order valence-corrected chi connectivity index (χ2v) is 4.57. The summed E-state index contributed by atoms with van der Waals surface area (Å²) in [6.07, 6.45) is 1.98. The number of aryl methyl sites for hydroxylation is 3. The lowest BCUT2D eigenvalue weighted by molar-refractivity contribution is -0.659. The molecule has 1 aromatic carbocycles. The molecule has 90 valence electrons. The van der Waals surface area contributed by atoms with Crippen molar-refractivity contribution >= 4 is 11.1 Å². The fourth-order valence-corrected chi connectivity index (χ4v) is 2.26. The third kappa shape index (κ3) is 1.68. The number of hydrogen-bond acceptors (Lipinski definition) is 2. The zero-order chi connectivity index (χ0) is 12.7. The Bertz CT molecular complexity index is 728. The Morgan fingerprint density at radius 3 is 2.72 bits per heavy atom. The van der Waals surface area contributed by atoms with Crippen molar-refractivity contribution in [1.82, 2.24) is 4.98 Å². The lowest BCUT2D eigenvalue weighted by Gasteiger charge is -2.03. The Balaban J connectivity index is 2.29. The van der Waals surface area contributed by atoms with Gasteiger partial charge in [0.2, 0.25) is 17.5 Å². The smallest absolute Gasteiger partial charge is 0.218 e. The van der Waals surface area contributed by atoms with Gasteiger partial charge in [0.05, 0.1) is 0 Å². The summed E-state index contributed by atoms with van der Waals surface area (Å²) in [5, 5.41) is 0. The van der Waals surface area contributed by atoms with Gasteiger partial charge in [-0.2, -0.15) is 4.57 Å². The first-order chi connectivity index (χ1) is 8.65. The largest absolute Gasteiger partial charge is 0.435 e. The Morgan fingerprint density at radius 2 is 1.94 bits per heavy atom. The molecule has 0 radical (unpaired) electrons. The van der Waals surface area contributed by atoms with Gasteiger partial charge in [-0.15, -0.1) is 0 Å². The highest BCUT2D eigenvalue weighted by Crippen LogP contribution is 2.23. The number of aromatic nitrogens is 2. The molecule has 0 aliphatic heterocycles. The molecule has 18 heavy (non-hydrogen) atoms. The Hall–Kier alpha value is -2.16. The van der Waals surface area contributed by atoms with Gasteiger partial charge in [-0.25, -0.2) is 4.98 Å². The van der Waals surface area contributed by atoms with Crippen LogP contribution in [0.2, 0.25) is 0 Å². The summed E-state index contributed by atoms with van der Waals surface area (Å²) < 4.78 is 7.62. The van der Waals surface area contributed by atoms with Crippen molar-refractivity contribution in [2.75, 3.05) is 0 Å². The van der Waals surface area contributed by atoms with Crippen LogP contribution in [0.4, 0.5) is 0 Å². The maximum atomic E-state index is 5.54. The molecule has 0 amide bonds. The zero-order valence-corrected chi connectivity index (χ0v) is 10.8. The molecule has 2 heterocycles. The SMILES string of the molecule is Cc1nc2cc(-c3ccccc3C)[n+](C)cc2o1. The van der Waals surface area contributed by atoms with Crippen LogP contribution in [0.5, 0.6) is 0 Å². The van der Waals surface area contributed by atoms with Crippen molar-refractivity contribution < 1.29 is 8.98 Å². The standard InChI is InChI=1S/C15H15N2O/c1-10-6-4-5-7-12(10)14-8-13-15(9-17(14)3)18-11(2)16-13/h4-9H,1-3H3/q+1. The van der Waals surface area contributed by atoms with E-state index < -0.39 is 0 Å². The van der Waals surface area contributed by atoms with Crippen LogP contribution in [-0.4, -0.2) is 4.98 Å². The number of benzene rings is 1. The average Bonchev–Trinajstić information content (AvgIpc) is 2.68. The molecule has 0 aliphatic rings. The molecule has 3 heteroatoms. The van der Waals surface area contributed by atoms with Crippen molar-refractivity contribution in [1.29, 1.82) is 0 Å². The van der Waals surface area contributed by atoms with Crippen LogP contribution in [0.15, 0.2) is 40.9 Å². The summed E-state index contributed by atoms with van der Waals surface area (Å²) in [4.78, 5) is 4.39. The van der Waals surface area contributed by atoms with Gasteiger partial charge in [0, 0.05) is 18.6 Å². The molecule has 0 unspecified atom stereocenters. The minimum Gasteiger partial charge on any atom is -0.435 e. The highest BCUT2D eigenvalue weighted by Gasteiger charge is 2.16. The van der Waals surface area contributed by atoms with Gasteiger partial charge in [0.25, 0.3) is 0 Å². The van der Waals surface area contributed by atoms with Crippen LogP contribution in [0.1, 0.15) is 11.5 Å². The van der Waals surface area contributed by atoms with Crippen LogP contribution >= 0.6 is 0 Å². The number of rotatable bonds is 1. The third-order valence-corrected chi connectivity index (χ3v) is 3.17. The van der Waals surface area contributed by atoms with E-state index in [9.17, 15) is 0 Å². The highest BCUT2D eigenvalue weighted by molar-refractivity contribution is 5.76. The van der Waals surface area contributed by atoms with E-state index in [2.05, 4.69) is 46.8 Å². The van der Waals surface area contributed by atoms with Gasteiger partial charge in [-0.05, 0) is 18.6 Å². The van der Waals surface area contributed by atoms with E-state index in [1.54, 1.807) is 0 Å². The van der Waals surface area contributed by atoms with Gasteiger partial charge in [-0.3, -0.25) is 0 Å².